The summed E-state index contributed by atoms with van der Waals surface area (Å²) in [6, 6.07) is 12.8. The third kappa shape index (κ3) is 6.48. The number of hydrogen-bond donors (Lipinski definition) is 1. The van der Waals surface area contributed by atoms with Crippen LogP contribution in [0.4, 0.5) is 22.0 Å². The number of aromatic nitrogens is 2. The highest BCUT2D eigenvalue weighted by Crippen LogP contribution is 2.40. The Bertz CT molecular complexity index is 1670. The predicted molar refractivity (Wildman–Crippen MR) is 148 cm³/mol. The molecule has 6 rings (SSSR count). The fraction of sp³-hybridized carbons (Fsp3) is 0.355. The molecule has 13 heteroatoms. The Balaban J connectivity index is 1.23. The Morgan fingerprint density at radius 3 is 2.52 bits per heavy atom. The molecule has 1 fully saturated rings. The first-order chi connectivity index (χ1) is 21.0. The smallest absolute Gasteiger partial charge is 0.419 e. The summed E-state index contributed by atoms with van der Waals surface area (Å²) in [6.07, 6.45) is -3.37. The number of fused-ring (bicyclic) bond motifs is 2. The Morgan fingerprint density at radius 2 is 1.86 bits per heavy atom. The third-order valence-electron chi connectivity index (χ3n) is 7.86. The lowest BCUT2D eigenvalue weighted by Gasteiger charge is -2.31. The highest BCUT2D eigenvalue weighted by Gasteiger charge is 2.36. The van der Waals surface area contributed by atoms with E-state index in [2.05, 4.69) is 9.64 Å². The van der Waals surface area contributed by atoms with Crippen LogP contribution >= 0.6 is 0 Å². The summed E-state index contributed by atoms with van der Waals surface area (Å²) in [5.41, 5.74) is 2.37. The monoisotopic (exact) mass is 617 g/mol. The summed E-state index contributed by atoms with van der Waals surface area (Å²) < 4.78 is 84.4. The van der Waals surface area contributed by atoms with Gasteiger partial charge in [-0.15, -0.1) is 0 Å². The van der Waals surface area contributed by atoms with E-state index in [1.54, 1.807) is 12.1 Å². The molecule has 0 spiro atoms. The number of hydrogen-bond acceptors (Lipinski definition) is 6. The Kier molecular flexibility index (Phi) is 8.16. The number of imidazole rings is 1. The number of carbonyl (C=O) groups is 1. The molecule has 3 aromatic carbocycles. The number of nitrogens with zero attached hydrogens (tertiary/aromatic N) is 3. The molecule has 3 heterocycles. The van der Waals surface area contributed by atoms with Crippen molar-refractivity contribution in [3.63, 3.8) is 0 Å². The summed E-state index contributed by atoms with van der Waals surface area (Å²) in [5.74, 6) is -0.710. The fourth-order valence-electron chi connectivity index (χ4n) is 5.51. The van der Waals surface area contributed by atoms with Crippen LogP contribution in [0.1, 0.15) is 44.9 Å². The van der Waals surface area contributed by atoms with Crippen molar-refractivity contribution in [3.8, 4) is 11.5 Å². The van der Waals surface area contributed by atoms with E-state index < -0.39 is 24.3 Å². The summed E-state index contributed by atoms with van der Waals surface area (Å²) in [6.45, 7) is -0.754. The van der Waals surface area contributed by atoms with Gasteiger partial charge in [0.05, 0.1) is 41.4 Å². The molecule has 8 nitrogen and oxygen atoms in total. The van der Waals surface area contributed by atoms with Gasteiger partial charge in [-0.25, -0.2) is 9.78 Å². The zero-order valence-corrected chi connectivity index (χ0v) is 23.3. The first kappa shape index (κ1) is 29.8. The van der Waals surface area contributed by atoms with E-state index in [4.69, 9.17) is 14.5 Å². The van der Waals surface area contributed by atoms with Crippen LogP contribution < -0.4 is 9.47 Å². The van der Waals surface area contributed by atoms with Crippen molar-refractivity contribution in [1.29, 1.82) is 0 Å². The van der Waals surface area contributed by atoms with Crippen molar-refractivity contribution in [2.24, 2.45) is 0 Å². The number of benzene rings is 3. The van der Waals surface area contributed by atoms with Gasteiger partial charge in [0.15, 0.2) is 0 Å². The second-order valence-corrected chi connectivity index (χ2v) is 10.8. The standard InChI is InChI=1S/C31H28F5N3O5/c32-30(33)44-22-4-1-18(2-5-22)17-43-27-13-21-14-38(9-7-19(21)11-24(27)31(34,35)36)16-28-37-25-6-3-20(29(40)41)12-26(25)39(28)15-23-8-10-42-23/h1-6,11-13,23,30H,7-10,14-17H2,(H,40,41)/t23-/m0/s1. The van der Waals surface area contributed by atoms with Crippen molar-refractivity contribution >= 4 is 17.0 Å². The number of carboxylic acids is 1. The van der Waals surface area contributed by atoms with Gasteiger partial charge in [-0.05, 0) is 72.0 Å². The molecule has 2 aliphatic heterocycles. The van der Waals surface area contributed by atoms with E-state index in [1.807, 2.05) is 4.57 Å². The quantitative estimate of drug-likeness (QED) is 0.210. The van der Waals surface area contributed by atoms with Gasteiger partial charge in [0.2, 0.25) is 0 Å². The number of aromatic carboxylic acids is 1. The maximum absolute atomic E-state index is 14.0. The lowest BCUT2D eigenvalue weighted by molar-refractivity contribution is -0.139. The zero-order valence-electron chi connectivity index (χ0n) is 23.3. The third-order valence-corrected chi connectivity index (χ3v) is 7.86. The van der Waals surface area contributed by atoms with Crippen molar-refractivity contribution in [1.82, 2.24) is 14.5 Å². The average Bonchev–Trinajstić information content (AvgIpc) is 3.29. The van der Waals surface area contributed by atoms with Gasteiger partial charge in [-0.3, -0.25) is 4.90 Å². The molecule has 0 aliphatic carbocycles. The normalized spacial score (nSPS) is 17.0. The van der Waals surface area contributed by atoms with Crippen LogP contribution in [0.2, 0.25) is 0 Å². The maximum Gasteiger partial charge on any atom is 0.419 e. The molecule has 1 atom stereocenters. The largest absolute Gasteiger partial charge is 0.488 e. The molecule has 0 unspecified atom stereocenters. The number of ether oxygens (including phenoxy) is 3. The zero-order chi connectivity index (χ0) is 31.0. The van der Waals surface area contributed by atoms with Gasteiger partial charge < -0.3 is 23.9 Å². The minimum atomic E-state index is -4.64. The van der Waals surface area contributed by atoms with Gasteiger partial charge in [0, 0.05) is 19.7 Å². The summed E-state index contributed by atoms with van der Waals surface area (Å²) in [5, 5.41) is 9.50. The van der Waals surface area contributed by atoms with Gasteiger partial charge in [0.25, 0.3) is 0 Å². The summed E-state index contributed by atoms with van der Waals surface area (Å²) in [4.78, 5) is 18.5. The Hall–Kier alpha value is -4.23. The number of rotatable bonds is 10. The molecular formula is C31H28F5N3O5. The van der Waals surface area contributed by atoms with Gasteiger partial charge in [-0.2, -0.15) is 22.0 Å². The van der Waals surface area contributed by atoms with Crippen molar-refractivity contribution in [2.45, 2.75) is 58.0 Å². The molecule has 0 saturated carbocycles. The van der Waals surface area contributed by atoms with E-state index in [9.17, 15) is 31.9 Å². The first-order valence-electron chi connectivity index (χ1n) is 14.0. The van der Waals surface area contributed by atoms with Crippen LogP contribution in [-0.2, 0) is 43.6 Å². The number of alkyl halides is 5. The van der Waals surface area contributed by atoms with E-state index in [0.717, 1.165) is 12.5 Å². The van der Waals surface area contributed by atoms with Crippen LogP contribution in [0.15, 0.2) is 54.6 Å². The van der Waals surface area contributed by atoms with Crippen LogP contribution in [0.5, 0.6) is 11.5 Å². The average molecular weight is 618 g/mol. The van der Waals surface area contributed by atoms with Crippen LogP contribution in [-0.4, -0.2) is 51.4 Å². The fourth-order valence-corrected chi connectivity index (χ4v) is 5.51. The van der Waals surface area contributed by atoms with E-state index >= 15 is 0 Å². The predicted octanol–water partition coefficient (Wildman–Crippen LogP) is 6.28. The topological polar surface area (TPSA) is 86.0 Å². The minimum Gasteiger partial charge on any atom is -0.488 e. The first-order valence-corrected chi connectivity index (χ1v) is 14.0. The Labute approximate surface area is 248 Å². The Morgan fingerprint density at radius 1 is 1.09 bits per heavy atom. The van der Waals surface area contributed by atoms with E-state index in [1.165, 1.54) is 36.4 Å². The number of carboxylic acid groups (broad SMARTS) is 1. The van der Waals surface area contributed by atoms with Gasteiger partial charge >= 0.3 is 18.8 Å². The molecule has 0 amide bonds. The van der Waals surface area contributed by atoms with Crippen molar-refractivity contribution < 1.29 is 46.1 Å². The maximum atomic E-state index is 14.0. The highest BCUT2D eigenvalue weighted by atomic mass is 19.4. The molecule has 44 heavy (non-hydrogen) atoms. The molecular weight excluding hydrogens is 589 g/mol. The van der Waals surface area contributed by atoms with Gasteiger partial charge in [-0.1, -0.05) is 12.1 Å². The van der Waals surface area contributed by atoms with Crippen LogP contribution in [0, 0.1) is 0 Å². The molecule has 1 saturated heterocycles. The van der Waals surface area contributed by atoms with Gasteiger partial charge in [0.1, 0.15) is 23.9 Å². The minimum absolute atomic E-state index is 0.00440. The van der Waals surface area contributed by atoms with E-state index in [0.29, 0.717) is 72.8 Å². The second kappa shape index (κ2) is 12.0. The summed E-state index contributed by atoms with van der Waals surface area (Å²) in [7, 11) is 0. The highest BCUT2D eigenvalue weighted by molar-refractivity contribution is 5.92. The number of halogens is 5. The second-order valence-electron chi connectivity index (χ2n) is 10.8. The van der Waals surface area contributed by atoms with Crippen LogP contribution in [0.3, 0.4) is 0 Å². The molecule has 2 aliphatic rings. The molecule has 0 bridgehead atoms. The molecule has 1 N–H and O–H groups in total. The molecule has 232 valence electrons. The SMILES string of the molecule is O=C(O)c1ccc2nc(CN3CCc4cc(C(F)(F)F)c(OCc5ccc(OC(F)F)cc5)cc4C3)n(C[C@@H]3CCO3)c2c1. The molecule has 1 aromatic heterocycles. The molecule has 4 aromatic rings. The van der Waals surface area contributed by atoms with Crippen molar-refractivity contribution in [3.05, 3.63) is 88.2 Å². The summed E-state index contributed by atoms with van der Waals surface area (Å²) >= 11 is 0. The lowest BCUT2D eigenvalue weighted by atomic mass is 9.96. The van der Waals surface area contributed by atoms with Crippen LogP contribution in [0.25, 0.3) is 11.0 Å². The van der Waals surface area contributed by atoms with E-state index in [-0.39, 0.29) is 29.8 Å². The van der Waals surface area contributed by atoms with Crippen molar-refractivity contribution in [2.75, 3.05) is 13.2 Å². The molecule has 0 radical (unpaired) electrons. The lowest BCUT2D eigenvalue weighted by Crippen LogP contribution is -2.34.